The van der Waals surface area contributed by atoms with Crippen LogP contribution in [0.15, 0.2) is 48.5 Å². The lowest BCUT2D eigenvalue weighted by atomic mass is 10.2. The third-order valence-electron chi connectivity index (χ3n) is 4.53. The second-order valence-corrected chi connectivity index (χ2v) is 6.89. The summed E-state index contributed by atoms with van der Waals surface area (Å²) in [6.45, 7) is 3.85. The molecule has 1 N–H and O–H groups in total. The van der Waals surface area contributed by atoms with Crippen molar-refractivity contribution in [2.24, 2.45) is 0 Å². The quantitative estimate of drug-likeness (QED) is 0.498. The van der Waals surface area contributed by atoms with Crippen LogP contribution in [0.2, 0.25) is 5.02 Å². The van der Waals surface area contributed by atoms with Gasteiger partial charge in [0, 0.05) is 49.5 Å². The van der Waals surface area contributed by atoms with Crippen LogP contribution in [0.4, 0.5) is 11.4 Å². The fourth-order valence-electron chi connectivity index (χ4n) is 3.11. The highest BCUT2D eigenvalue weighted by Crippen LogP contribution is 2.26. The molecular weight excluding hydrogens is 441 g/mol. The average Bonchev–Trinajstić information content (AvgIpc) is 2.68. The second-order valence-electron chi connectivity index (χ2n) is 6.45. The molecule has 29 heavy (non-hydrogen) atoms. The summed E-state index contributed by atoms with van der Waals surface area (Å²) >= 11 is 5.93. The lowest BCUT2D eigenvalue weighted by molar-refractivity contribution is -0.385. The van der Waals surface area contributed by atoms with E-state index in [1.54, 1.807) is 12.1 Å². The number of rotatable bonds is 7. The summed E-state index contributed by atoms with van der Waals surface area (Å²) in [7, 11) is 0. The molecule has 0 spiro atoms. The van der Waals surface area contributed by atoms with Crippen LogP contribution in [0.1, 0.15) is 0 Å². The number of hydrogen-bond donors (Lipinski definition) is 1. The summed E-state index contributed by atoms with van der Waals surface area (Å²) < 4.78 is 5.46. The number of halogens is 3. The van der Waals surface area contributed by atoms with Crippen molar-refractivity contribution < 1.29 is 14.8 Å². The molecule has 3 rings (SSSR count). The van der Waals surface area contributed by atoms with Crippen molar-refractivity contribution in [2.45, 2.75) is 6.10 Å². The number of para-hydroxylation sites is 2. The van der Waals surface area contributed by atoms with Crippen molar-refractivity contribution in [3.05, 3.63) is 63.7 Å². The van der Waals surface area contributed by atoms with E-state index < -0.39 is 11.0 Å². The van der Waals surface area contributed by atoms with E-state index in [-0.39, 0.29) is 42.9 Å². The Morgan fingerprint density at radius 3 is 2.31 bits per heavy atom. The van der Waals surface area contributed by atoms with Gasteiger partial charge in [-0.1, -0.05) is 23.7 Å². The molecule has 0 saturated carbocycles. The molecule has 0 radical (unpaired) electrons. The van der Waals surface area contributed by atoms with Crippen molar-refractivity contribution in [3.8, 4) is 5.75 Å². The third kappa shape index (κ3) is 7.21. The molecule has 0 aromatic heterocycles. The van der Waals surface area contributed by atoms with Crippen LogP contribution in [0, 0.1) is 10.1 Å². The molecule has 1 saturated heterocycles. The Balaban J connectivity index is 0.00000210. The van der Waals surface area contributed by atoms with Crippen LogP contribution in [-0.4, -0.2) is 60.4 Å². The first-order valence-corrected chi connectivity index (χ1v) is 9.18. The van der Waals surface area contributed by atoms with Gasteiger partial charge < -0.3 is 14.7 Å². The number of ether oxygens (including phenoxy) is 1. The van der Waals surface area contributed by atoms with Gasteiger partial charge in [0.1, 0.15) is 12.7 Å². The number of aliphatic hydroxyl groups is 1. The summed E-state index contributed by atoms with van der Waals surface area (Å²) in [6.07, 6.45) is -0.716. The summed E-state index contributed by atoms with van der Waals surface area (Å²) in [6, 6.07) is 14.0. The van der Waals surface area contributed by atoms with E-state index in [1.807, 2.05) is 24.3 Å². The molecule has 2 aromatic carbocycles. The van der Waals surface area contributed by atoms with Crippen LogP contribution in [0.5, 0.6) is 5.75 Å². The highest BCUT2D eigenvalue weighted by molar-refractivity contribution is 6.30. The summed E-state index contributed by atoms with van der Waals surface area (Å²) in [5.41, 5.74) is 1.04. The van der Waals surface area contributed by atoms with Crippen LogP contribution in [0.25, 0.3) is 0 Å². The van der Waals surface area contributed by atoms with Crippen molar-refractivity contribution >= 4 is 47.8 Å². The number of anilines is 1. The Hall–Kier alpha value is -1.77. The Labute approximate surface area is 187 Å². The topological polar surface area (TPSA) is 79.1 Å². The Morgan fingerprint density at radius 1 is 1.07 bits per heavy atom. The lowest BCUT2D eigenvalue weighted by Crippen LogP contribution is -2.49. The van der Waals surface area contributed by atoms with E-state index in [9.17, 15) is 15.2 Å². The molecule has 0 amide bonds. The number of hydrogen-bond acceptors (Lipinski definition) is 6. The van der Waals surface area contributed by atoms with E-state index in [0.717, 1.165) is 36.9 Å². The fourth-order valence-corrected chi connectivity index (χ4v) is 3.23. The monoisotopic (exact) mass is 463 g/mol. The highest BCUT2D eigenvalue weighted by atomic mass is 35.5. The van der Waals surface area contributed by atoms with E-state index >= 15 is 0 Å². The van der Waals surface area contributed by atoms with Crippen LogP contribution < -0.4 is 9.64 Å². The van der Waals surface area contributed by atoms with Gasteiger partial charge in [-0.15, -0.1) is 24.8 Å². The smallest absolute Gasteiger partial charge is 0.310 e. The zero-order chi connectivity index (χ0) is 19.2. The predicted octanol–water partition coefficient (Wildman–Crippen LogP) is 3.65. The van der Waals surface area contributed by atoms with Gasteiger partial charge >= 0.3 is 5.69 Å². The van der Waals surface area contributed by atoms with Crippen molar-refractivity contribution in [1.29, 1.82) is 0 Å². The van der Waals surface area contributed by atoms with E-state index in [0.29, 0.717) is 6.54 Å². The van der Waals surface area contributed by atoms with Gasteiger partial charge in [0.25, 0.3) is 0 Å². The van der Waals surface area contributed by atoms with Gasteiger partial charge in [-0.25, -0.2) is 0 Å². The summed E-state index contributed by atoms with van der Waals surface area (Å²) in [5, 5.41) is 22.0. The molecular formula is C19H24Cl3N3O4. The van der Waals surface area contributed by atoms with Gasteiger partial charge in [0.2, 0.25) is 0 Å². The Kier molecular flexibility index (Phi) is 10.5. The molecule has 7 nitrogen and oxygen atoms in total. The molecule has 0 aliphatic carbocycles. The first-order chi connectivity index (χ1) is 13.0. The minimum absolute atomic E-state index is 0. The molecule has 2 aromatic rings. The number of nitrogens with zero attached hydrogens (tertiary/aromatic N) is 3. The SMILES string of the molecule is Cl.Cl.O=[N+]([O-])c1ccccc1OCC(O)CN1CCN(c2ccc(Cl)cc2)CC1. The standard InChI is InChI=1S/C19H22ClN3O4.2ClH/c20-15-5-7-16(8-6-15)22-11-9-21(10-12-22)13-17(24)14-27-19-4-2-1-3-18(19)23(25)26;;/h1-8,17,24H,9-14H2;2*1H. The third-order valence-corrected chi connectivity index (χ3v) is 4.78. The lowest BCUT2D eigenvalue weighted by Gasteiger charge is -2.36. The zero-order valence-corrected chi connectivity index (χ0v) is 18.0. The maximum atomic E-state index is 11.0. The van der Waals surface area contributed by atoms with Gasteiger partial charge in [-0.05, 0) is 30.3 Å². The van der Waals surface area contributed by atoms with Gasteiger partial charge in [0.15, 0.2) is 5.75 Å². The number of nitro benzene ring substituents is 1. The normalized spacial score (nSPS) is 15.0. The first-order valence-electron chi connectivity index (χ1n) is 8.80. The Bertz CT molecular complexity index is 772. The average molecular weight is 465 g/mol. The molecule has 1 unspecified atom stereocenters. The molecule has 1 atom stereocenters. The largest absolute Gasteiger partial charge is 0.484 e. The van der Waals surface area contributed by atoms with Crippen LogP contribution >= 0.6 is 36.4 Å². The molecule has 10 heteroatoms. The molecule has 1 fully saturated rings. The van der Waals surface area contributed by atoms with E-state index in [2.05, 4.69) is 9.80 Å². The zero-order valence-electron chi connectivity index (χ0n) is 15.6. The molecule has 1 aliphatic rings. The number of nitro groups is 1. The number of aliphatic hydroxyl groups excluding tert-OH is 1. The number of β-amino-alcohol motifs (C(OH)–C–C–N with tert-alkyl or cyclic N) is 1. The van der Waals surface area contributed by atoms with E-state index in [4.69, 9.17) is 16.3 Å². The minimum atomic E-state index is -0.716. The van der Waals surface area contributed by atoms with Crippen molar-refractivity contribution in [1.82, 2.24) is 4.90 Å². The minimum Gasteiger partial charge on any atom is -0.484 e. The van der Waals surface area contributed by atoms with E-state index in [1.165, 1.54) is 12.1 Å². The molecule has 160 valence electrons. The fraction of sp³-hybridized carbons (Fsp3) is 0.368. The van der Waals surface area contributed by atoms with Crippen molar-refractivity contribution in [2.75, 3.05) is 44.2 Å². The predicted molar refractivity (Wildman–Crippen MR) is 119 cm³/mol. The van der Waals surface area contributed by atoms with Crippen LogP contribution in [-0.2, 0) is 0 Å². The maximum absolute atomic E-state index is 11.0. The number of piperazine rings is 1. The molecule has 1 heterocycles. The maximum Gasteiger partial charge on any atom is 0.310 e. The van der Waals surface area contributed by atoms with Gasteiger partial charge in [-0.3, -0.25) is 15.0 Å². The highest BCUT2D eigenvalue weighted by Gasteiger charge is 2.21. The Morgan fingerprint density at radius 2 is 1.69 bits per heavy atom. The number of benzene rings is 2. The second kappa shape index (κ2) is 12.0. The molecule has 0 bridgehead atoms. The summed E-state index contributed by atoms with van der Waals surface area (Å²) in [5.74, 6) is 0.175. The molecule has 1 aliphatic heterocycles. The van der Waals surface area contributed by atoms with Crippen LogP contribution in [0.3, 0.4) is 0 Å². The first kappa shape index (κ1) is 25.3. The van der Waals surface area contributed by atoms with Gasteiger partial charge in [-0.2, -0.15) is 0 Å². The van der Waals surface area contributed by atoms with Gasteiger partial charge in [0.05, 0.1) is 4.92 Å². The van der Waals surface area contributed by atoms with Crippen molar-refractivity contribution in [3.63, 3.8) is 0 Å². The summed E-state index contributed by atoms with van der Waals surface area (Å²) in [4.78, 5) is 15.0.